The molecule has 7 nitrogen and oxygen atoms in total. The minimum Gasteiger partial charge on any atom is -0.490 e. The first kappa shape index (κ1) is 28.9. The molecule has 37 heavy (non-hydrogen) atoms. The van der Waals surface area contributed by atoms with Crippen molar-refractivity contribution >= 4 is 22.2 Å². The fraction of sp³-hybridized carbons (Fsp3) is 0.321. The average Bonchev–Trinajstić information content (AvgIpc) is 3.41. The van der Waals surface area contributed by atoms with Gasteiger partial charge in [0.25, 0.3) is 5.91 Å². The van der Waals surface area contributed by atoms with E-state index in [1.165, 1.54) is 0 Å². The van der Waals surface area contributed by atoms with E-state index in [0.29, 0.717) is 29.7 Å². The second-order valence-electron chi connectivity index (χ2n) is 9.30. The van der Waals surface area contributed by atoms with Gasteiger partial charge in [0.05, 0.1) is 23.5 Å². The smallest absolute Gasteiger partial charge is 0.251 e. The van der Waals surface area contributed by atoms with Crippen molar-refractivity contribution in [1.29, 1.82) is 5.26 Å². The number of benzene rings is 2. The van der Waals surface area contributed by atoms with Gasteiger partial charge in [-0.25, -0.2) is 4.98 Å². The fourth-order valence-corrected chi connectivity index (χ4v) is 4.97. The Bertz CT molecular complexity index is 1400. The van der Waals surface area contributed by atoms with Crippen LogP contribution in [0.3, 0.4) is 0 Å². The van der Waals surface area contributed by atoms with E-state index in [4.69, 9.17) is 9.72 Å². The summed E-state index contributed by atoms with van der Waals surface area (Å²) in [5.74, 6) is 0.163. The Morgan fingerprint density at radius 3 is 2.57 bits per heavy atom. The molecule has 4 aromatic rings. The topological polar surface area (TPSA) is 99.7 Å². The molecule has 0 aliphatic heterocycles. The van der Waals surface area contributed by atoms with E-state index in [9.17, 15) is 15.2 Å². The summed E-state index contributed by atoms with van der Waals surface area (Å²) >= 11 is 1.62. The number of carbonyl (C=O) groups excluding carboxylic acids is 1. The van der Waals surface area contributed by atoms with Crippen molar-refractivity contribution in [3.05, 3.63) is 76.4 Å². The second kappa shape index (κ2) is 12.8. The van der Waals surface area contributed by atoms with Gasteiger partial charge in [-0.05, 0) is 64.3 Å². The Balaban J connectivity index is 0.00000380. The Morgan fingerprint density at radius 1 is 1.22 bits per heavy atom. The van der Waals surface area contributed by atoms with Crippen molar-refractivity contribution in [3.63, 3.8) is 0 Å². The van der Waals surface area contributed by atoms with Crippen LogP contribution in [0.4, 0.5) is 0 Å². The van der Waals surface area contributed by atoms with Gasteiger partial charge in [-0.15, -0.1) is 11.3 Å². The second-order valence-corrected chi connectivity index (χ2v) is 10.1. The molecule has 0 bridgehead atoms. The van der Waals surface area contributed by atoms with Crippen LogP contribution in [-0.2, 0) is 6.42 Å². The van der Waals surface area contributed by atoms with Crippen molar-refractivity contribution < 1.29 is 45.8 Å². The van der Waals surface area contributed by atoms with Crippen molar-refractivity contribution in [2.24, 2.45) is 0 Å². The van der Waals surface area contributed by atoms with Crippen molar-refractivity contribution in [3.8, 4) is 23.1 Å². The summed E-state index contributed by atoms with van der Waals surface area (Å²) in [6.45, 7) is 7.53. The molecule has 190 valence electrons. The quantitative estimate of drug-likeness (QED) is 0.248. The first-order valence-corrected chi connectivity index (χ1v) is 12.8. The van der Waals surface area contributed by atoms with Gasteiger partial charge in [-0.2, -0.15) is 5.26 Å². The van der Waals surface area contributed by atoms with Crippen molar-refractivity contribution in [2.75, 3.05) is 0 Å². The molecule has 2 heterocycles. The van der Waals surface area contributed by atoms with E-state index in [1.807, 2.05) is 44.3 Å². The molecular formula is C28H30N4O3SU. The maximum absolute atomic E-state index is 13.0. The molecule has 0 spiro atoms. The number of imidazole rings is 1. The Hall–Kier alpha value is -2.62. The van der Waals surface area contributed by atoms with Gasteiger partial charge in [0.2, 0.25) is 0 Å². The molecule has 1 amide bonds. The van der Waals surface area contributed by atoms with E-state index >= 15 is 0 Å². The molecule has 9 heteroatoms. The van der Waals surface area contributed by atoms with Gasteiger partial charge in [-0.1, -0.05) is 24.3 Å². The summed E-state index contributed by atoms with van der Waals surface area (Å²) in [6.07, 6.45) is 2.36. The number of aliphatic hydroxyl groups is 1. The molecular weight excluding hydrogens is 710 g/mol. The number of thiazole rings is 1. The standard InChI is InChI=1S/C28H30N4O3S.U/c1-17(2)35-26-10-9-22(13-23(26)14-29)27(34)30-24(11-19(4)33)12-20-5-7-21(8-6-20)25-15-32-18(3)16-36-28(32)31-25;/h5-10,13,15-17,19,24,33H,11-12H2,1-4H3,(H,30,34);/t19?,24-;/m1./s1. The van der Waals surface area contributed by atoms with Crippen LogP contribution in [0.15, 0.2) is 54.0 Å². The molecule has 0 saturated carbocycles. The summed E-state index contributed by atoms with van der Waals surface area (Å²) in [7, 11) is 0. The molecule has 0 aliphatic rings. The van der Waals surface area contributed by atoms with Crippen molar-refractivity contribution in [1.82, 2.24) is 14.7 Å². The van der Waals surface area contributed by atoms with E-state index in [0.717, 1.165) is 27.5 Å². The monoisotopic (exact) mass is 740 g/mol. The van der Waals surface area contributed by atoms with E-state index < -0.39 is 6.10 Å². The molecule has 2 N–H and O–H groups in total. The predicted octanol–water partition coefficient (Wildman–Crippen LogP) is 5.14. The summed E-state index contributed by atoms with van der Waals surface area (Å²) < 4.78 is 7.74. The number of aryl methyl sites for hydroxylation is 1. The van der Waals surface area contributed by atoms with E-state index in [-0.39, 0.29) is 49.2 Å². The molecule has 0 aliphatic carbocycles. The maximum atomic E-state index is 13.0. The van der Waals surface area contributed by atoms with Crippen LogP contribution in [0, 0.1) is 49.4 Å². The third-order valence-corrected chi connectivity index (χ3v) is 6.76. The third-order valence-electron chi connectivity index (χ3n) is 5.81. The SMILES string of the molecule is Cc1csc2nc(-c3ccc(C[C@@H](CC(C)O)NC(=O)c4ccc(OC(C)C)c(C#N)c4)cc3)cn12.[U]. The number of nitriles is 1. The average molecular weight is 741 g/mol. The molecule has 2 aromatic heterocycles. The van der Waals surface area contributed by atoms with Gasteiger partial charge in [0.15, 0.2) is 4.96 Å². The van der Waals surface area contributed by atoms with Crippen molar-refractivity contribution in [2.45, 2.75) is 58.8 Å². The number of nitrogens with zero attached hydrogens (tertiary/aromatic N) is 3. The molecule has 0 fully saturated rings. The van der Waals surface area contributed by atoms with Crippen LogP contribution >= 0.6 is 11.3 Å². The zero-order valence-corrected chi connectivity index (χ0v) is 26.3. The maximum Gasteiger partial charge on any atom is 0.251 e. The molecule has 0 radical (unpaired) electrons. The Labute approximate surface area is 244 Å². The fourth-order valence-electron chi connectivity index (χ4n) is 4.12. The minimum atomic E-state index is -0.576. The first-order valence-electron chi connectivity index (χ1n) is 12.0. The van der Waals surface area contributed by atoms with Crippen LogP contribution in [0.25, 0.3) is 16.2 Å². The van der Waals surface area contributed by atoms with Crippen LogP contribution in [-0.4, -0.2) is 38.6 Å². The number of aromatic nitrogens is 2. The number of nitrogens with one attached hydrogen (secondary N) is 1. The summed E-state index contributed by atoms with van der Waals surface area (Å²) in [6, 6.07) is 14.8. The zero-order valence-electron chi connectivity index (χ0n) is 21.4. The third kappa shape index (κ3) is 7.24. The van der Waals surface area contributed by atoms with Gasteiger partial charge < -0.3 is 15.2 Å². The summed E-state index contributed by atoms with van der Waals surface area (Å²) in [5, 5.41) is 24.6. The van der Waals surface area contributed by atoms with Gasteiger partial charge in [0.1, 0.15) is 11.8 Å². The first-order chi connectivity index (χ1) is 17.2. The van der Waals surface area contributed by atoms with Gasteiger partial charge >= 0.3 is 0 Å². The van der Waals surface area contributed by atoms with E-state index in [2.05, 4.69) is 28.1 Å². The molecule has 2 atom stereocenters. The zero-order chi connectivity index (χ0) is 25.8. The molecule has 4 rings (SSSR count). The Morgan fingerprint density at radius 2 is 1.95 bits per heavy atom. The van der Waals surface area contributed by atoms with E-state index in [1.54, 1.807) is 36.5 Å². The number of rotatable bonds is 9. The molecule has 1 unspecified atom stereocenters. The number of hydrogen-bond acceptors (Lipinski definition) is 6. The minimum absolute atomic E-state index is 0. The number of amides is 1. The molecule has 0 saturated heterocycles. The van der Waals surface area contributed by atoms with Crippen LogP contribution in [0.1, 0.15) is 54.4 Å². The number of aliphatic hydroxyl groups excluding tert-OH is 1. The number of hydrogen-bond donors (Lipinski definition) is 2. The van der Waals surface area contributed by atoms with Crippen LogP contribution in [0.5, 0.6) is 5.75 Å². The Kier molecular flexibility index (Phi) is 9.98. The normalized spacial score (nSPS) is 12.6. The predicted molar refractivity (Wildman–Crippen MR) is 141 cm³/mol. The summed E-state index contributed by atoms with van der Waals surface area (Å²) in [4.78, 5) is 18.7. The largest absolute Gasteiger partial charge is 0.490 e. The number of fused-ring (bicyclic) bond motifs is 1. The molecule has 2 aromatic carbocycles. The number of carbonyl (C=O) groups is 1. The van der Waals surface area contributed by atoms with Gasteiger partial charge in [-0.3, -0.25) is 9.20 Å². The summed E-state index contributed by atoms with van der Waals surface area (Å²) in [5.41, 5.74) is 4.84. The van der Waals surface area contributed by atoms with Gasteiger partial charge in [0, 0.05) is 65.6 Å². The van der Waals surface area contributed by atoms with Crippen LogP contribution < -0.4 is 10.1 Å². The number of ether oxygens (including phenoxy) is 1. The van der Waals surface area contributed by atoms with Crippen LogP contribution in [0.2, 0.25) is 0 Å².